The summed E-state index contributed by atoms with van der Waals surface area (Å²) in [5, 5.41) is 1.30. The predicted molar refractivity (Wildman–Crippen MR) is 74.2 cm³/mol. The highest BCUT2D eigenvalue weighted by Gasteiger charge is 2.22. The molecular weight excluding hydrogens is 222 g/mol. The van der Waals surface area contributed by atoms with Crippen LogP contribution >= 0.6 is 0 Å². The van der Waals surface area contributed by atoms with Crippen molar-refractivity contribution in [2.75, 3.05) is 0 Å². The van der Waals surface area contributed by atoms with Crippen molar-refractivity contribution in [3.8, 4) is 0 Å². The Morgan fingerprint density at radius 3 is 2.83 bits per heavy atom. The molecule has 0 atom stereocenters. The fraction of sp³-hybridized carbons (Fsp3) is 0.438. The zero-order chi connectivity index (χ0) is 12.7. The SMILES string of the molecule is CCC(=O)n1c2c(c3cc(C)ccc31)CCCC2. The summed E-state index contributed by atoms with van der Waals surface area (Å²) >= 11 is 0. The van der Waals surface area contributed by atoms with Gasteiger partial charge in [-0.05, 0) is 50.3 Å². The van der Waals surface area contributed by atoms with Gasteiger partial charge in [-0.2, -0.15) is 0 Å². The van der Waals surface area contributed by atoms with Gasteiger partial charge in [-0.1, -0.05) is 18.6 Å². The lowest BCUT2D eigenvalue weighted by Crippen LogP contribution is -2.15. The Balaban J connectivity index is 2.36. The lowest BCUT2D eigenvalue weighted by atomic mass is 9.95. The summed E-state index contributed by atoms with van der Waals surface area (Å²) in [6.45, 7) is 4.06. The molecule has 2 aromatic rings. The maximum absolute atomic E-state index is 12.2. The second kappa shape index (κ2) is 4.27. The Kier molecular flexibility index (Phi) is 2.73. The summed E-state index contributed by atoms with van der Waals surface area (Å²) in [4.78, 5) is 12.2. The van der Waals surface area contributed by atoms with Gasteiger partial charge in [-0.15, -0.1) is 0 Å². The molecule has 2 nitrogen and oxygen atoms in total. The predicted octanol–water partition coefficient (Wildman–Crippen LogP) is 3.88. The number of aromatic nitrogens is 1. The van der Waals surface area contributed by atoms with Crippen LogP contribution in [0.2, 0.25) is 0 Å². The molecule has 1 aromatic carbocycles. The maximum Gasteiger partial charge on any atom is 0.231 e. The molecule has 1 aromatic heterocycles. The van der Waals surface area contributed by atoms with Gasteiger partial charge in [-0.25, -0.2) is 0 Å². The van der Waals surface area contributed by atoms with E-state index in [1.54, 1.807) is 0 Å². The lowest BCUT2D eigenvalue weighted by molar-refractivity contribution is 0.0910. The molecule has 0 fully saturated rings. The molecule has 0 amide bonds. The molecule has 0 aliphatic heterocycles. The zero-order valence-corrected chi connectivity index (χ0v) is 11.1. The largest absolute Gasteiger partial charge is 0.284 e. The van der Waals surface area contributed by atoms with E-state index >= 15 is 0 Å². The first-order valence-electron chi connectivity index (χ1n) is 6.88. The Labute approximate surface area is 108 Å². The molecule has 2 heteroatoms. The third-order valence-corrected chi connectivity index (χ3v) is 3.98. The van der Waals surface area contributed by atoms with E-state index in [4.69, 9.17) is 0 Å². The summed E-state index contributed by atoms with van der Waals surface area (Å²) in [5.41, 5.74) is 5.08. The smallest absolute Gasteiger partial charge is 0.231 e. The van der Waals surface area contributed by atoms with E-state index in [0.717, 1.165) is 18.4 Å². The van der Waals surface area contributed by atoms with Gasteiger partial charge < -0.3 is 0 Å². The summed E-state index contributed by atoms with van der Waals surface area (Å²) in [6, 6.07) is 6.45. The van der Waals surface area contributed by atoms with Crippen LogP contribution in [0.25, 0.3) is 10.9 Å². The minimum absolute atomic E-state index is 0.229. The average Bonchev–Trinajstić information content (AvgIpc) is 2.72. The normalized spacial score (nSPS) is 14.8. The first kappa shape index (κ1) is 11.5. The molecule has 1 aliphatic carbocycles. The van der Waals surface area contributed by atoms with Crippen molar-refractivity contribution >= 4 is 16.8 Å². The van der Waals surface area contributed by atoms with Gasteiger partial charge in [0, 0.05) is 17.5 Å². The number of fused-ring (bicyclic) bond motifs is 3. The first-order chi connectivity index (χ1) is 8.72. The van der Waals surface area contributed by atoms with E-state index in [1.807, 2.05) is 11.5 Å². The Morgan fingerprint density at radius 2 is 2.06 bits per heavy atom. The molecular formula is C16H19NO. The van der Waals surface area contributed by atoms with Gasteiger partial charge in [0.15, 0.2) is 0 Å². The first-order valence-corrected chi connectivity index (χ1v) is 6.88. The van der Waals surface area contributed by atoms with Crippen molar-refractivity contribution in [1.29, 1.82) is 0 Å². The molecule has 18 heavy (non-hydrogen) atoms. The molecule has 0 spiro atoms. The number of carbonyl (C=O) groups excluding carboxylic acids is 1. The highest BCUT2D eigenvalue weighted by atomic mass is 16.2. The van der Waals surface area contributed by atoms with Crippen LogP contribution in [-0.2, 0) is 12.8 Å². The van der Waals surface area contributed by atoms with Crippen LogP contribution in [0.15, 0.2) is 18.2 Å². The maximum atomic E-state index is 12.2. The van der Waals surface area contributed by atoms with Gasteiger partial charge in [0.2, 0.25) is 5.91 Å². The van der Waals surface area contributed by atoms with Crippen molar-refractivity contribution < 1.29 is 4.79 Å². The summed E-state index contributed by atoms with van der Waals surface area (Å²) < 4.78 is 1.98. The van der Waals surface area contributed by atoms with Crippen molar-refractivity contribution in [3.05, 3.63) is 35.0 Å². The molecule has 0 unspecified atom stereocenters. The van der Waals surface area contributed by atoms with Crippen LogP contribution in [-0.4, -0.2) is 10.5 Å². The molecule has 94 valence electrons. The molecule has 0 saturated heterocycles. The van der Waals surface area contributed by atoms with Crippen LogP contribution in [0.3, 0.4) is 0 Å². The summed E-state index contributed by atoms with van der Waals surface area (Å²) in [5.74, 6) is 0.229. The second-order valence-corrected chi connectivity index (χ2v) is 5.24. The van der Waals surface area contributed by atoms with Crippen LogP contribution in [0.4, 0.5) is 0 Å². The van der Waals surface area contributed by atoms with Gasteiger partial charge >= 0.3 is 0 Å². The summed E-state index contributed by atoms with van der Waals surface area (Å²) in [6.07, 6.45) is 5.21. The zero-order valence-electron chi connectivity index (χ0n) is 11.1. The second-order valence-electron chi connectivity index (χ2n) is 5.24. The van der Waals surface area contributed by atoms with Crippen LogP contribution in [0.5, 0.6) is 0 Å². The van der Waals surface area contributed by atoms with Crippen molar-refractivity contribution in [2.24, 2.45) is 0 Å². The Bertz CT molecular complexity index is 622. The third-order valence-electron chi connectivity index (χ3n) is 3.98. The number of rotatable bonds is 1. The number of carbonyl (C=O) groups is 1. The molecule has 0 bridgehead atoms. The standard InChI is InChI=1S/C16H19NO/c1-3-16(18)17-14-7-5-4-6-12(14)13-10-11(2)8-9-15(13)17/h8-10H,3-7H2,1-2H3. The summed E-state index contributed by atoms with van der Waals surface area (Å²) in [7, 11) is 0. The van der Waals surface area contributed by atoms with Crippen molar-refractivity contribution in [2.45, 2.75) is 46.0 Å². The average molecular weight is 241 g/mol. The van der Waals surface area contributed by atoms with E-state index in [9.17, 15) is 4.79 Å². The van der Waals surface area contributed by atoms with Crippen molar-refractivity contribution in [3.63, 3.8) is 0 Å². The minimum Gasteiger partial charge on any atom is -0.284 e. The Morgan fingerprint density at radius 1 is 1.28 bits per heavy atom. The van der Waals surface area contributed by atoms with Gasteiger partial charge in [0.1, 0.15) is 0 Å². The molecule has 1 aliphatic rings. The van der Waals surface area contributed by atoms with Crippen molar-refractivity contribution in [1.82, 2.24) is 4.57 Å². The molecule has 0 saturated carbocycles. The monoisotopic (exact) mass is 241 g/mol. The number of benzene rings is 1. The van der Waals surface area contributed by atoms with Crippen LogP contribution in [0, 0.1) is 6.92 Å². The van der Waals surface area contributed by atoms with E-state index < -0.39 is 0 Å². The number of hydrogen-bond donors (Lipinski definition) is 0. The molecule has 0 radical (unpaired) electrons. The third kappa shape index (κ3) is 1.59. The van der Waals surface area contributed by atoms with E-state index in [2.05, 4.69) is 25.1 Å². The fourth-order valence-electron chi connectivity index (χ4n) is 3.10. The molecule has 0 N–H and O–H groups in total. The van der Waals surface area contributed by atoms with Gasteiger partial charge in [0.05, 0.1) is 5.52 Å². The quantitative estimate of drug-likeness (QED) is 0.742. The number of hydrogen-bond acceptors (Lipinski definition) is 1. The molecule has 1 heterocycles. The topological polar surface area (TPSA) is 22.0 Å². The fourth-order valence-corrected chi connectivity index (χ4v) is 3.10. The lowest BCUT2D eigenvalue weighted by Gasteiger charge is -2.14. The highest BCUT2D eigenvalue weighted by molar-refractivity contribution is 5.96. The van der Waals surface area contributed by atoms with E-state index in [0.29, 0.717) is 6.42 Å². The highest BCUT2D eigenvalue weighted by Crippen LogP contribution is 2.32. The Hall–Kier alpha value is -1.57. The minimum atomic E-state index is 0.229. The van der Waals surface area contributed by atoms with Gasteiger partial charge in [-0.3, -0.25) is 9.36 Å². The van der Waals surface area contributed by atoms with Crippen LogP contribution < -0.4 is 0 Å². The van der Waals surface area contributed by atoms with Crippen LogP contribution in [0.1, 0.15) is 47.8 Å². The number of nitrogens with zero attached hydrogens (tertiary/aromatic N) is 1. The van der Waals surface area contributed by atoms with E-state index in [1.165, 1.54) is 35.0 Å². The van der Waals surface area contributed by atoms with Gasteiger partial charge in [0.25, 0.3) is 0 Å². The number of aryl methyl sites for hydroxylation is 2. The molecule has 3 rings (SSSR count). The van der Waals surface area contributed by atoms with E-state index in [-0.39, 0.29) is 5.91 Å².